The molecule has 1 aromatic rings. The Hall–Kier alpha value is -0.480. The Morgan fingerprint density at radius 3 is 2.73 bits per heavy atom. The number of nitrogens with zero attached hydrogens (tertiary/aromatic N) is 2. The molecule has 1 unspecified atom stereocenters. The Balaban J connectivity index is 3.00. The van der Waals surface area contributed by atoms with E-state index in [1.165, 1.54) is 11.8 Å². The summed E-state index contributed by atoms with van der Waals surface area (Å²) in [6, 6.07) is 0. The van der Waals surface area contributed by atoms with Gasteiger partial charge in [0, 0.05) is 19.4 Å². The van der Waals surface area contributed by atoms with Crippen molar-refractivity contribution in [3.63, 3.8) is 0 Å². The minimum Gasteiger partial charge on any atom is -0.372 e. The quantitative estimate of drug-likeness (QED) is 0.675. The molecule has 1 atom stereocenters. The summed E-state index contributed by atoms with van der Waals surface area (Å²) in [5.41, 5.74) is 0. The minimum absolute atomic E-state index is 0.685. The Bertz CT molecular complexity index is 244. The molecule has 0 fully saturated rings. The highest BCUT2D eigenvalue weighted by Crippen LogP contribution is 2.28. The van der Waals surface area contributed by atoms with Gasteiger partial charge >= 0.3 is 0 Å². The average Bonchev–Trinajstić information content (AvgIpc) is 2.36. The summed E-state index contributed by atoms with van der Waals surface area (Å²) in [6.45, 7) is 1.74. The molecule has 0 aliphatic rings. The van der Waals surface area contributed by atoms with Gasteiger partial charge < -0.3 is 9.67 Å². The van der Waals surface area contributed by atoms with E-state index >= 15 is 0 Å². The van der Waals surface area contributed by atoms with Crippen molar-refractivity contribution in [2.45, 2.75) is 11.9 Å². The highest BCUT2D eigenvalue weighted by molar-refractivity contribution is 7.99. The smallest absolute Gasteiger partial charge is 0.165 e. The van der Waals surface area contributed by atoms with Crippen LogP contribution in [0.3, 0.4) is 0 Å². The first-order chi connectivity index (χ1) is 5.08. The van der Waals surface area contributed by atoms with Crippen LogP contribution in [0.2, 0.25) is 0 Å². The largest absolute Gasteiger partial charge is 0.372 e. The maximum absolute atomic E-state index is 9.74. The first-order valence-electron chi connectivity index (χ1n) is 3.33. The molecule has 1 rings (SSSR count). The molecule has 62 valence electrons. The van der Waals surface area contributed by atoms with Crippen molar-refractivity contribution < 1.29 is 5.11 Å². The number of hydrogen-bond donors (Lipinski definition) is 1. The molecular formula is C7H12N2OS. The van der Waals surface area contributed by atoms with Crippen molar-refractivity contribution in [1.29, 1.82) is 0 Å². The Morgan fingerprint density at radius 2 is 2.36 bits per heavy atom. The zero-order chi connectivity index (χ0) is 8.48. The van der Waals surface area contributed by atoms with Gasteiger partial charge in [-0.25, -0.2) is 4.98 Å². The molecule has 0 aliphatic carbocycles. The molecule has 0 amide bonds. The van der Waals surface area contributed by atoms with E-state index < -0.39 is 4.93 Å². The van der Waals surface area contributed by atoms with E-state index in [-0.39, 0.29) is 0 Å². The van der Waals surface area contributed by atoms with Gasteiger partial charge in [-0.05, 0) is 13.2 Å². The van der Waals surface area contributed by atoms with Gasteiger partial charge in [-0.1, -0.05) is 0 Å². The number of rotatable bonds is 2. The molecular weight excluding hydrogens is 160 g/mol. The Kier molecular flexibility index (Phi) is 2.25. The van der Waals surface area contributed by atoms with Gasteiger partial charge in [0.1, 0.15) is 0 Å². The number of thioether (sulfide) groups is 1. The van der Waals surface area contributed by atoms with E-state index in [2.05, 4.69) is 4.98 Å². The van der Waals surface area contributed by atoms with Crippen LogP contribution in [0, 0.1) is 0 Å². The molecule has 1 aromatic heterocycles. The third-order valence-electron chi connectivity index (χ3n) is 1.63. The van der Waals surface area contributed by atoms with E-state index in [0.717, 1.165) is 0 Å². The van der Waals surface area contributed by atoms with E-state index in [1.54, 1.807) is 13.1 Å². The number of aromatic nitrogens is 2. The lowest BCUT2D eigenvalue weighted by Gasteiger charge is -2.19. The van der Waals surface area contributed by atoms with Crippen LogP contribution in [-0.4, -0.2) is 20.9 Å². The fourth-order valence-electron chi connectivity index (χ4n) is 0.904. The molecule has 3 nitrogen and oxygen atoms in total. The number of aryl methyl sites for hydroxylation is 1. The van der Waals surface area contributed by atoms with Crippen molar-refractivity contribution in [2.75, 3.05) is 6.26 Å². The van der Waals surface area contributed by atoms with Crippen LogP contribution in [0.4, 0.5) is 0 Å². The summed E-state index contributed by atoms with van der Waals surface area (Å²) >= 11 is 1.37. The second-order valence-electron chi connectivity index (χ2n) is 2.55. The molecule has 0 bridgehead atoms. The van der Waals surface area contributed by atoms with E-state index in [1.807, 2.05) is 24.1 Å². The Morgan fingerprint density at radius 1 is 1.73 bits per heavy atom. The second kappa shape index (κ2) is 2.87. The lowest BCUT2D eigenvalue weighted by Crippen LogP contribution is -2.20. The van der Waals surface area contributed by atoms with E-state index in [4.69, 9.17) is 0 Å². The topological polar surface area (TPSA) is 38.1 Å². The summed E-state index contributed by atoms with van der Waals surface area (Å²) in [4.78, 5) is 3.17. The third-order valence-corrected chi connectivity index (χ3v) is 2.61. The fraction of sp³-hybridized carbons (Fsp3) is 0.571. The zero-order valence-electron chi connectivity index (χ0n) is 6.90. The Labute approximate surface area is 70.4 Å². The lowest BCUT2D eigenvalue weighted by atomic mass is 10.4. The van der Waals surface area contributed by atoms with Crippen LogP contribution in [0.5, 0.6) is 0 Å². The van der Waals surface area contributed by atoms with Gasteiger partial charge in [0.05, 0.1) is 0 Å². The summed E-state index contributed by atoms with van der Waals surface area (Å²) in [7, 11) is 1.87. The predicted octanol–water partition coefficient (Wildman–Crippen LogP) is 0.948. The van der Waals surface area contributed by atoms with Gasteiger partial charge in [-0.2, -0.15) is 0 Å². The summed E-state index contributed by atoms with van der Waals surface area (Å²) in [5.74, 6) is 0.685. The monoisotopic (exact) mass is 172 g/mol. The van der Waals surface area contributed by atoms with Crippen LogP contribution in [0.25, 0.3) is 0 Å². The third kappa shape index (κ3) is 1.57. The van der Waals surface area contributed by atoms with Crippen molar-refractivity contribution in [2.24, 2.45) is 7.05 Å². The van der Waals surface area contributed by atoms with Gasteiger partial charge in [0.2, 0.25) is 0 Å². The highest BCUT2D eigenvalue weighted by atomic mass is 32.2. The van der Waals surface area contributed by atoms with Crippen LogP contribution in [0.1, 0.15) is 12.7 Å². The molecule has 0 saturated carbocycles. The summed E-state index contributed by atoms with van der Waals surface area (Å²) in [5, 5.41) is 9.74. The van der Waals surface area contributed by atoms with Gasteiger partial charge in [0.25, 0.3) is 0 Å². The maximum Gasteiger partial charge on any atom is 0.165 e. The highest BCUT2D eigenvalue weighted by Gasteiger charge is 2.25. The van der Waals surface area contributed by atoms with Crippen LogP contribution in [0.15, 0.2) is 12.4 Å². The van der Waals surface area contributed by atoms with Gasteiger partial charge in [-0.3, -0.25) is 0 Å². The van der Waals surface area contributed by atoms with E-state index in [9.17, 15) is 5.11 Å². The van der Waals surface area contributed by atoms with Crippen molar-refractivity contribution in [3.8, 4) is 0 Å². The molecule has 0 aliphatic heterocycles. The van der Waals surface area contributed by atoms with Crippen molar-refractivity contribution in [1.82, 2.24) is 9.55 Å². The van der Waals surface area contributed by atoms with Crippen LogP contribution in [-0.2, 0) is 12.0 Å². The molecule has 0 radical (unpaired) electrons. The molecule has 1 N–H and O–H groups in total. The number of hydrogen-bond acceptors (Lipinski definition) is 3. The number of imidazole rings is 1. The summed E-state index contributed by atoms with van der Waals surface area (Å²) in [6.07, 6.45) is 5.36. The van der Waals surface area contributed by atoms with Gasteiger partial charge in [0.15, 0.2) is 10.8 Å². The standard InChI is InChI=1S/C7H12N2OS/c1-7(10,11-3)6-8-4-5-9(6)2/h4-5,10H,1-3H3. The fourth-order valence-corrected chi connectivity index (χ4v) is 1.28. The first-order valence-corrected chi connectivity index (χ1v) is 4.55. The van der Waals surface area contributed by atoms with Crippen molar-refractivity contribution >= 4 is 11.8 Å². The molecule has 0 aromatic carbocycles. The molecule has 11 heavy (non-hydrogen) atoms. The zero-order valence-corrected chi connectivity index (χ0v) is 7.72. The SMILES string of the molecule is CSC(C)(O)c1nccn1C. The maximum atomic E-state index is 9.74. The van der Waals surface area contributed by atoms with Crippen molar-refractivity contribution in [3.05, 3.63) is 18.2 Å². The lowest BCUT2D eigenvalue weighted by molar-refractivity contribution is 0.146. The first kappa shape index (κ1) is 8.62. The summed E-state index contributed by atoms with van der Waals surface area (Å²) < 4.78 is 1.82. The molecule has 0 saturated heterocycles. The minimum atomic E-state index is -0.877. The van der Waals surface area contributed by atoms with Crippen LogP contribution < -0.4 is 0 Å². The van der Waals surface area contributed by atoms with Gasteiger partial charge in [-0.15, -0.1) is 11.8 Å². The molecule has 4 heteroatoms. The molecule has 0 spiro atoms. The average molecular weight is 172 g/mol. The normalized spacial score (nSPS) is 16.4. The second-order valence-corrected chi connectivity index (χ2v) is 3.75. The van der Waals surface area contributed by atoms with E-state index in [0.29, 0.717) is 5.82 Å². The number of aliphatic hydroxyl groups is 1. The predicted molar refractivity (Wildman–Crippen MR) is 46.3 cm³/mol. The molecule has 1 heterocycles. The van der Waals surface area contributed by atoms with Crippen LogP contribution >= 0.6 is 11.8 Å².